The Balaban J connectivity index is 0.998. The third kappa shape index (κ3) is 5.99. The van der Waals surface area contributed by atoms with E-state index in [4.69, 9.17) is 4.74 Å². The number of hydrogen-bond donors (Lipinski definition) is 1. The zero-order valence-corrected chi connectivity index (χ0v) is 22.8. The summed E-state index contributed by atoms with van der Waals surface area (Å²) in [6, 6.07) is 16.1. The molecule has 1 heterocycles. The van der Waals surface area contributed by atoms with E-state index in [0.29, 0.717) is 5.56 Å². The number of nitrogens with zero attached hydrogens (tertiary/aromatic N) is 2. The number of amides is 1. The van der Waals surface area contributed by atoms with Crippen molar-refractivity contribution >= 4 is 11.6 Å². The zero-order chi connectivity index (χ0) is 26.0. The van der Waals surface area contributed by atoms with E-state index in [2.05, 4.69) is 39.1 Å². The number of ether oxygens (including phenoxy) is 1. The zero-order valence-electron chi connectivity index (χ0n) is 22.8. The minimum absolute atomic E-state index is 0.0734. The molecule has 0 spiro atoms. The van der Waals surface area contributed by atoms with Gasteiger partial charge in [-0.05, 0) is 98.2 Å². The normalized spacial score (nSPS) is 28.6. The minimum atomic E-state index is -0.0734. The van der Waals surface area contributed by atoms with Crippen molar-refractivity contribution in [2.75, 3.05) is 51.8 Å². The van der Waals surface area contributed by atoms with Gasteiger partial charge in [-0.25, -0.2) is 0 Å². The Labute approximate surface area is 227 Å². The van der Waals surface area contributed by atoms with Crippen LogP contribution < -0.4 is 5.32 Å². The number of carbonyl (C=O) groups is 1. The Morgan fingerprint density at radius 2 is 1.50 bits per heavy atom. The topological polar surface area (TPSA) is 44.8 Å². The van der Waals surface area contributed by atoms with E-state index in [0.717, 1.165) is 74.9 Å². The minimum Gasteiger partial charge on any atom is -0.383 e. The Hall–Kier alpha value is -2.65. The SMILES string of the molecule is COCCN1CCN(Cc2ccc(C(=O)Nc3ccc(C#CC45CC6CC(CC(C6)C4)C5)cc3)cc2)CC1. The first kappa shape index (κ1) is 25.6. The number of methoxy groups -OCH3 is 1. The third-order valence-electron chi connectivity index (χ3n) is 9.35. The molecule has 5 nitrogen and oxygen atoms in total. The Bertz CT molecular complexity index is 1130. The smallest absolute Gasteiger partial charge is 0.255 e. The van der Waals surface area contributed by atoms with Crippen molar-refractivity contribution in [3.05, 3.63) is 65.2 Å². The second-order valence-corrected chi connectivity index (χ2v) is 12.3. The molecular weight excluding hydrogens is 470 g/mol. The molecular formula is C33H41N3O2. The van der Waals surface area contributed by atoms with Crippen LogP contribution in [0.15, 0.2) is 48.5 Å². The lowest BCUT2D eigenvalue weighted by atomic mass is 9.50. The van der Waals surface area contributed by atoms with E-state index in [-0.39, 0.29) is 11.3 Å². The third-order valence-corrected chi connectivity index (χ3v) is 9.35. The van der Waals surface area contributed by atoms with Crippen LogP contribution in [0.25, 0.3) is 0 Å². The van der Waals surface area contributed by atoms with Gasteiger partial charge in [0.15, 0.2) is 0 Å². The van der Waals surface area contributed by atoms with Gasteiger partial charge in [-0.1, -0.05) is 24.0 Å². The van der Waals surface area contributed by atoms with Crippen LogP contribution in [0.1, 0.15) is 60.0 Å². The van der Waals surface area contributed by atoms with Gasteiger partial charge in [0.05, 0.1) is 6.61 Å². The lowest BCUT2D eigenvalue weighted by Crippen LogP contribution is -2.46. The highest BCUT2D eigenvalue weighted by molar-refractivity contribution is 6.04. The van der Waals surface area contributed by atoms with Crippen LogP contribution in [0, 0.1) is 35.0 Å². The van der Waals surface area contributed by atoms with Crippen LogP contribution in [-0.2, 0) is 11.3 Å². The molecule has 4 bridgehead atoms. The number of nitrogens with one attached hydrogen (secondary N) is 1. The van der Waals surface area contributed by atoms with Crippen molar-refractivity contribution < 1.29 is 9.53 Å². The number of carbonyl (C=O) groups excluding carboxylic acids is 1. The highest BCUT2D eigenvalue weighted by atomic mass is 16.5. The monoisotopic (exact) mass is 511 g/mol. The molecule has 1 saturated heterocycles. The van der Waals surface area contributed by atoms with Crippen LogP contribution in [-0.4, -0.2) is 62.1 Å². The molecule has 0 radical (unpaired) electrons. The molecule has 5 fully saturated rings. The molecule has 0 aromatic heterocycles. The van der Waals surface area contributed by atoms with Crippen LogP contribution in [0.3, 0.4) is 0 Å². The van der Waals surface area contributed by atoms with Gasteiger partial charge < -0.3 is 10.1 Å². The second-order valence-electron chi connectivity index (χ2n) is 12.3. The summed E-state index contributed by atoms with van der Waals surface area (Å²) >= 11 is 0. The lowest BCUT2D eigenvalue weighted by molar-refractivity contribution is -0.0181. The quantitative estimate of drug-likeness (QED) is 0.515. The van der Waals surface area contributed by atoms with Crippen molar-refractivity contribution in [2.45, 2.75) is 45.1 Å². The van der Waals surface area contributed by atoms with Gasteiger partial charge in [0.1, 0.15) is 0 Å². The van der Waals surface area contributed by atoms with Crippen LogP contribution in [0.5, 0.6) is 0 Å². The molecule has 2 aromatic rings. The number of anilines is 1. The van der Waals surface area contributed by atoms with Crippen molar-refractivity contribution in [1.29, 1.82) is 0 Å². The van der Waals surface area contributed by atoms with Gasteiger partial charge in [0.25, 0.3) is 5.91 Å². The molecule has 5 heteroatoms. The molecule has 5 aliphatic rings. The van der Waals surface area contributed by atoms with Gasteiger partial charge in [-0.3, -0.25) is 14.6 Å². The van der Waals surface area contributed by atoms with E-state index in [1.807, 2.05) is 36.4 Å². The standard InChI is InChI=1S/C33H41N3O2/c1-38-17-16-35-12-14-36(15-13-35)24-26-2-6-30(7-3-26)32(37)34-31-8-4-25(5-9-31)10-11-33-21-27-18-28(22-33)20-29(19-27)23-33/h2-9,27-29H,12-24H2,1H3,(H,34,37). The first-order valence-corrected chi connectivity index (χ1v) is 14.5. The molecule has 200 valence electrons. The first-order valence-electron chi connectivity index (χ1n) is 14.5. The Morgan fingerprint density at radius 3 is 2.11 bits per heavy atom. The molecule has 0 unspecified atom stereocenters. The summed E-state index contributed by atoms with van der Waals surface area (Å²) in [5.74, 6) is 9.90. The molecule has 7 rings (SSSR count). The molecule has 1 N–H and O–H groups in total. The van der Waals surface area contributed by atoms with Crippen molar-refractivity contribution in [2.24, 2.45) is 23.2 Å². The number of piperazine rings is 1. The summed E-state index contributed by atoms with van der Waals surface area (Å²) in [6.45, 7) is 7.01. The maximum Gasteiger partial charge on any atom is 0.255 e. The highest BCUT2D eigenvalue weighted by Crippen LogP contribution is 2.59. The summed E-state index contributed by atoms with van der Waals surface area (Å²) < 4.78 is 5.19. The van der Waals surface area contributed by atoms with Gasteiger partial charge in [-0.2, -0.15) is 0 Å². The average Bonchev–Trinajstić information content (AvgIpc) is 2.92. The Morgan fingerprint density at radius 1 is 0.895 bits per heavy atom. The van der Waals surface area contributed by atoms with E-state index in [1.54, 1.807) is 7.11 Å². The van der Waals surface area contributed by atoms with Crippen LogP contribution in [0.2, 0.25) is 0 Å². The predicted octanol–water partition coefficient (Wildman–Crippen LogP) is 5.27. The van der Waals surface area contributed by atoms with E-state index < -0.39 is 0 Å². The summed E-state index contributed by atoms with van der Waals surface area (Å²) in [6.07, 6.45) is 8.28. The number of benzene rings is 2. The summed E-state index contributed by atoms with van der Waals surface area (Å²) in [7, 11) is 1.76. The predicted molar refractivity (Wildman–Crippen MR) is 152 cm³/mol. The lowest BCUT2D eigenvalue weighted by Gasteiger charge is -2.54. The van der Waals surface area contributed by atoms with Crippen molar-refractivity contribution in [1.82, 2.24) is 9.80 Å². The number of hydrogen-bond acceptors (Lipinski definition) is 4. The number of rotatable bonds is 7. The Kier molecular flexibility index (Phi) is 7.56. The van der Waals surface area contributed by atoms with Gasteiger partial charge in [0, 0.05) is 68.6 Å². The summed E-state index contributed by atoms with van der Waals surface area (Å²) in [5.41, 5.74) is 4.05. The van der Waals surface area contributed by atoms with Gasteiger partial charge in [0.2, 0.25) is 0 Å². The van der Waals surface area contributed by atoms with Gasteiger partial charge in [-0.15, -0.1) is 0 Å². The van der Waals surface area contributed by atoms with E-state index in [1.165, 1.54) is 44.1 Å². The average molecular weight is 512 g/mol. The molecule has 38 heavy (non-hydrogen) atoms. The molecule has 2 aromatic carbocycles. The van der Waals surface area contributed by atoms with Crippen molar-refractivity contribution in [3.8, 4) is 11.8 Å². The fourth-order valence-electron chi connectivity index (χ4n) is 7.72. The van der Waals surface area contributed by atoms with Gasteiger partial charge >= 0.3 is 0 Å². The van der Waals surface area contributed by atoms with E-state index >= 15 is 0 Å². The maximum absolute atomic E-state index is 12.8. The first-order chi connectivity index (χ1) is 18.6. The molecule has 4 saturated carbocycles. The summed E-state index contributed by atoms with van der Waals surface area (Å²) in [5, 5.41) is 3.05. The van der Waals surface area contributed by atoms with Crippen LogP contribution >= 0.6 is 0 Å². The largest absolute Gasteiger partial charge is 0.383 e. The fraction of sp³-hybridized carbons (Fsp3) is 0.545. The highest BCUT2D eigenvalue weighted by Gasteiger charge is 2.50. The van der Waals surface area contributed by atoms with Crippen LogP contribution in [0.4, 0.5) is 5.69 Å². The van der Waals surface area contributed by atoms with Crippen molar-refractivity contribution in [3.63, 3.8) is 0 Å². The molecule has 1 amide bonds. The molecule has 4 aliphatic carbocycles. The maximum atomic E-state index is 12.8. The fourth-order valence-corrected chi connectivity index (χ4v) is 7.72. The summed E-state index contributed by atoms with van der Waals surface area (Å²) in [4.78, 5) is 17.8. The molecule has 0 atom stereocenters. The van der Waals surface area contributed by atoms with E-state index in [9.17, 15) is 4.79 Å². The second kappa shape index (κ2) is 11.2. The molecule has 1 aliphatic heterocycles.